The summed E-state index contributed by atoms with van der Waals surface area (Å²) in [6.07, 6.45) is 2.81. The first kappa shape index (κ1) is 22.0. The molecule has 0 saturated heterocycles. The lowest BCUT2D eigenvalue weighted by atomic mass is 9.82. The van der Waals surface area contributed by atoms with Crippen LogP contribution in [0.5, 0.6) is 0 Å². The minimum atomic E-state index is -2.61. The Bertz CT molecular complexity index is 883. The van der Waals surface area contributed by atoms with Gasteiger partial charge in [-0.2, -0.15) is 0 Å². The Balaban J connectivity index is 1.62. The standard InChI is InChI=1S/C22H32F2N4OS/c1-21(2,3)30(29)28-19(14-8-10-22(23,24)11-9-14)20-26-16-7-6-15(12-17(16)27-20)18(25)13-4-5-13/h6-7,12-14,18-19,28H,4-5,8-11,25H2,1-3H3,(H,26,27)/t18-,19-,30+/m0/s1. The highest BCUT2D eigenvalue weighted by Crippen LogP contribution is 2.42. The second kappa shape index (κ2) is 8.04. The predicted molar refractivity (Wildman–Crippen MR) is 116 cm³/mol. The van der Waals surface area contributed by atoms with Crippen LogP contribution in [0.1, 0.15) is 82.8 Å². The predicted octanol–water partition coefficient (Wildman–Crippen LogP) is 4.89. The van der Waals surface area contributed by atoms with Gasteiger partial charge in [0.2, 0.25) is 5.92 Å². The van der Waals surface area contributed by atoms with Gasteiger partial charge in [0.15, 0.2) is 0 Å². The molecule has 2 aliphatic rings. The Morgan fingerprint density at radius 3 is 2.47 bits per heavy atom. The van der Waals surface area contributed by atoms with Crippen LogP contribution in [-0.4, -0.2) is 25.2 Å². The summed E-state index contributed by atoms with van der Waals surface area (Å²) in [6.45, 7) is 5.69. The van der Waals surface area contributed by atoms with Crippen molar-refractivity contribution in [3.63, 3.8) is 0 Å². The number of hydrogen-bond donors (Lipinski definition) is 3. The number of H-pyrrole nitrogens is 1. The molecule has 2 fully saturated rings. The van der Waals surface area contributed by atoms with Crippen molar-refractivity contribution in [1.82, 2.24) is 14.7 Å². The molecule has 0 aliphatic heterocycles. The van der Waals surface area contributed by atoms with Gasteiger partial charge in [-0.05, 0) is 76.0 Å². The summed E-state index contributed by atoms with van der Waals surface area (Å²) in [7, 11) is 0. The number of aromatic amines is 1. The average Bonchev–Trinajstić information content (AvgIpc) is 3.43. The summed E-state index contributed by atoms with van der Waals surface area (Å²) < 4.78 is 43.1. The molecular formula is C22H32F2N4OS. The minimum absolute atomic E-state index is 0.0254. The van der Waals surface area contributed by atoms with Crippen molar-refractivity contribution in [2.24, 2.45) is 17.6 Å². The smallest absolute Gasteiger partial charge is 0.248 e. The van der Waals surface area contributed by atoms with Crippen LogP contribution in [0, 0.1) is 11.8 Å². The maximum absolute atomic E-state index is 13.7. The molecule has 0 radical (unpaired) electrons. The SMILES string of the molecule is CC(C)(C)[S@@+]([O-])N[C@H](c1nc2cc([C@@H](N)C3CC3)ccc2[nH]1)C1CCC(F)(F)CC1. The van der Waals surface area contributed by atoms with Crippen LogP contribution in [0.2, 0.25) is 0 Å². The number of aromatic nitrogens is 2. The Hall–Kier alpha value is -1.22. The van der Waals surface area contributed by atoms with E-state index in [9.17, 15) is 13.3 Å². The zero-order chi connectivity index (χ0) is 21.7. The molecule has 1 heterocycles. The number of nitrogens with one attached hydrogen (secondary N) is 2. The maximum atomic E-state index is 13.7. The highest BCUT2D eigenvalue weighted by Gasteiger charge is 2.41. The lowest BCUT2D eigenvalue weighted by Crippen LogP contribution is -2.44. The zero-order valence-corrected chi connectivity index (χ0v) is 18.7. The molecule has 2 aliphatic carbocycles. The van der Waals surface area contributed by atoms with Crippen LogP contribution in [0.15, 0.2) is 18.2 Å². The fourth-order valence-corrected chi connectivity index (χ4v) is 5.08. The van der Waals surface area contributed by atoms with Gasteiger partial charge < -0.3 is 15.3 Å². The third kappa shape index (κ3) is 4.82. The first-order valence-corrected chi connectivity index (χ1v) is 12.0. The molecule has 0 bridgehead atoms. The van der Waals surface area contributed by atoms with E-state index in [1.807, 2.05) is 39.0 Å². The molecule has 0 spiro atoms. The van der Waals surface area contributed by atoms with Gasteiger partial charge in [-0.15, -0.1) is 4.72 Å². The topological polar surface area (TPSA) is 89.8 Å². The number of benzene rings is 1. The van der Waals surface area contributed by atoms with Crippen LogP contribution in [0.3, 0.4) is 0 Å². The molecule has 166 valence electrons. The highest BCUT2D eigenvalue weighted by atomic mass is 32.2. The summed E-state index contributed by atoms with van der Waals surface area (Å²) in [5, 5.41) is 0. The van der Waals surface area contributed by atoms with Crippen LogP contribution in [-0.2, 0) is 11.4 Å². The Labute approximate surface area is 179 Å². The number of fused-ring (bicyclic) bond motifs is 1. The zero-order valence-electron chi connectivity index (χ0n) is 17.9. The van der Waals surface area contributed by atoms with Crippen LogP contribution in [0.25, 0.3) is 11.0 Å². The van der Waals surface area contributed by atoms with E-state index in [1.165, 1.54) is 12.8 Å². The van der Waals surface area contributed by atoms with E-state index in [-0.39, 0.29) is 30.8 Å². The second-order valence-electron chi connectivity index (χ2n) is 9.93. The van der Waals surface area contributed by atoms with Crippen molar-refractivity contribution in [2.75, 3.05) is 0 Å². The largest absolute Gasteiger partial charge is 0.598 e. The Morgan fingerprint density at radius 1 is 1.20 bits per heavy atom. The normalized spacial score (nSPS) is 23.4. The van der Waals surface area contributed by atoms with E-state index < -0.39 is 22.0 Å². The average molecular weight is 439 g/mol. The summed E-state index contributed by atoms with van der Waals surface area (Å²) in [5.41, 5.74) is 9.12. The van der Waals surface area contributed by atoms with Crippen molar-refractivity contribution in [1.29, 1.82) is 0 Å². The van der Waals surface area contributed by atoms with E-state index in [1.54, 1.807) is 0 Å². The molecule has 2 aromatic rings. The second-order valence-corrected chi connectivity index (χ2v) is 11.9. The van der Waals surface area contributed by atoms with E-state index in [0.29, 0.717) is 24.6 Å². The van der Waals surface area contributed by atoms with Crippen molar-refractivity contribution in [3.8, 4) is 0 Å². The van der Waals surface area contributed by atoms with Crippen molar-refractivity contribution < 1.29 is 13.3 Å². The fraction of sp³-hybridized carbons (Fsp3) is 0.682. The fourth-order valence-electron chi connectivity index (χ4n) is 4.19. The molecular weight excluding hydrogens is 406 g/mol. The van der Waals surface area contributed by atoms with Gasteiger partial charge in [0.1, 0.15) is 16.6 Å². The van der Waals surface area contributed by atoms with E-state index >= 15 is 0 Å². The molecule has 0 amide bonds. The van der Waals surface area contributed by atoms with Crippen molar-refractivity contribution in [3.05, 3.63) is 29.6 Å². The van der Waals surface area contributed by atoms with Gasteiger partial charge in [-0.1, -0.05) is 6.07 Å². The summed E-state index contributed by atoms with van der Waals surface area (Å²) in [6, 6.07) is 5.69. The molecule has 0 unspecified atom stereocenters. The minimum Gasteiger partial charge on any atom is -0.598 e. The first-order valence-electron chi connectivity index (χ1n) is 10.8. The summed E-state index contributed by atoms with van der Waals surface area (Å²) in [4.78, 5) is 8.13. The number of rotatable bonds is 6. The van der Waals surface area contributed by atoms with Crippen LogP contribution < -0.4 is 10.5 Å². The Morgan fingerprint density at radius 2 is 1.87 bits per heavy atom. The lowest BCUT2D eigenvalue weighted by Gasteiger charge is -2.35. The maximum Gasteiger partial charge on any atom is 0.248 e. The number of halogens is 2. The van der Waals surface area contributed by atoms with Gasteiger partial charge in [0.05, 0.1) is 11.0 Å². The number of nitrogens with zero attached hydrogens (tertiary/aromatic N) is 1. The van der Waals surface area contributed by atoms with Gasteiger partial charge in [-0.25, -0.2) is 13.8 Å². The molecule has 5 nitrogen and oxygen atoms in total. The monoisotopic (exact) mass is 438 g/mol. The molecule has 2 saturated carbocycles. The van der Waals surface area contributed by atoms with Gasteiger partial charge in [0.25, 0.3) is 0 Å². The lowest BCUT2D eigenvalue weighted by molar-refractivity contribution is -0.0492. The summed E-state index contributed by atoms with van der Waals surface area (Å²) in [5.74, 6) is -1.44. The van der Waals surface area contributed by atoms with E-state index in [0.717, 1.165) is 16.6 Å². The van der Waals surface area contributed by atoms with E-state index in [2.05, 4.69) is 9.71 Å². The molecule has 1 aromatic heterocycles. The highest BCUT2D eigenvalue weighted by molar-refractivity contribution is 7.90. The van der Waals surface area contributed by atoms with Crippen LogP contribution >= 0.6 is 0 Å². The van der Waals surface area contributed by atoms with E-state index in [4.69, 9.17) is 10.7 Å². The molecule has 8 heteroatoms. The molecule has 30 heavy (non-hydrogen) atoms. The van der Waals surface area contributed by atoms with Gasteiger partial charge >= 0.3 is 0 Å². The third-order valence-corrected chi connectivity index (χ3v) is 7.94. The molecule has 4 N–H and O–H groups in total. The molecule has 3 atom stereocenters. The third-order valence-electron chi connectivity index (χ3n) is 6.36. The quantitative estimate of drug-likeness (QED) is 0.560. The van der Waals surface area contributed by atoms with Crippen LogP contribution in [0.4, 0.5) is 8.78 Å². The van der Waals surface area contributed by atoms with Crippen molar-refractivity contribution >= 4 is 22.4 Å². The summed E-state index contributed by atoms with van der Waals surface area (Å²) >= 11 is -1.34. The number of nitrogens with two attached hydrogens (primary N) is 1. The number of imidazole rings is 1. The Kier molecular flexibility index (Phi) is 5.89. The van der Waals surface area contributed by atoms with Crippen molar-refractivity contribution in [2.45, 2.75) is 82.0 Å². The molecule has 1 aromatic carbocycles. The number of hydrogen-bond acceptors (Lipinski definition) is 4. The van der Waals surface area contributed by atoms with Gasteiger partial charge in [0, 0.05) is 30.2 Å². The van der Waals surface area contributed by atoms with Gasteiger partial charge in [-0.3, -0.25) is 0 Å². The molecule has 4 rings (SSSR count). The number of alkyl halides is 2. The first-order chi connectivity index (χ1) is 14.0.